The highest BCUT2D eigenvalue weighted by atomic mass is 32.2. The van der Waals surface area contributed by atoms with Crippen molar-refractivity contribution in [2.24, 2.45) is 0 Å². The Balaban J connectivity index is 2.80. The molecule has 0 bridgehead atoms. The normalized spacial score (nSPS) is 11.5. The lowest BCUT2D eigenvalue weighted by Crippen LogP contribution is -2.11. The Kier molecular flexibility index (Phi) is 4.95. The molecular formula is C12H14F2O3S. The highest BCUT2D eigenvalue weighted by Crippen LogP contribution is 2.18. The summed E-state index contributed by atoms with van der Waals surface area (Å²) in [7, 11) is -3.88. The molecule has 0 spiro atoms. The minimum absolute atomic E-state index is 0.0510. The molecule has 1 rings (SSSR count). The molecule has 0 amide bonds. The minimum Gasteiger partial charge on any atom is -0.300 e. The molecule has 0 aromatic heterocycles. The number of carbonyl (C=O) groups is 1. The van der Waals surface area contributed by atoms with Gasteiger partial charge in [-0.25, -0.2) is 17.2 Å². The van der Waals surface area contributed by atoms with Crippen molar-refractivity contribution in [1.29, 1.82) is 0 Å². The van der Waals surface area contributed by atoms with E-state index < -0.39 is 26.4 Å². The van der Waals surface area contributed by atoms with Gasteiger partial charge in [-0.3, -0.25) is 4.79 Å². The van der Waals surface area contributed by atoms with Crippen LogP contribution in [0.2, 0.25) is 0 Å². The van der Waals surface area contributed by atoms with Crippen LogP contribution in [0.5, 0.6) is 0 Å². The number of sulfone groups is 1. The molecule has 0 aliphatic rings. The van der Waals surface area contributed by atoms with Gasteiger partial charge in [-0.2, -0.15) is 0 Å². The smallest absolute Gasteiger partial charge is 0.181 e. The second kappa shape index (κ2) is 6.04. The average molecular weight is 276 g/mol. The first-order valence-corrected chi connectivity index (χ1v) is 7.21. The van der Waals surface area contributed by atoms with Gasteiger partial charge in [-0.05, 0) is 24.6 Å². The van der Waals surface area contributed by atoms with E-state index in [0.29, 0.717) is 12.5 Å². The predicted molar refractivity (Wildman–Crippen MR) is 62.9 cm³/mol. The summed E-state index contributed by atoms with van der Waals surface area (Å²) in [5.74, 6) is -2.19. The summed E-state index contributed by atoms with van der Waals surface area (Å²) < 4.78 is 49.7. The van der Waals surface area contributed by atoms with Crippen molar-refractivity contribution >= 4 is 15.6 Å². The van der Waals surface area contributed by atoms with Crippen molar-refractivity contribution in [3.63, 3.8) is 0 Å². The first-order chi connectivity index (χ1) is 8.36. The molecule has 0 saturated carbocycles. The van der Waals surface area contributed by atoms with Crippen molar-refractivity contribution in [3.05, 3.63) is 29.8 Å². The number of rotatable bonds is 6. The standard InChI is InChI=1S/C12H14F2O3S/c1-2-10(15)4-3-7-18(16,17)12-8-9(13)5-6-11(12)14/h5-6,8H,2-4,7H2,1H3. The molecule has 0 radical (unpaired) electrons. The fourth-order valence-electron chi connectivity index (χ4n) is 1.46. The average Bonchev–Trinajstić information content (AvgIpc) is 2.31. The summed E-state index contributed by atoms with van der Waals surface area (Å²) >= 11 is 0. The molecule has 18 heavy (non-hydrogen) atoms. The van der Waals surface area contributed by atoms with Gasteiger partial charge in [0.2, 0.25) is 0 Å². The Morgan fingerprint density at radius 1 is 1.28 bits per heavy atom. The second-order valence-corrected chi connectivity index (χ2v) is 5.97. The van der Waals surface area contributed by atoms with Crippen LogP contribution in [0.15, 0.2) is 23.1 Å². The van der Waals surface area contributed by atoms with Gasteiger partial charge in [0.15, 0.2) is 9.84 Å². The number of hydrogen-bond donors (Lipinski definition) is 0. The number of ketones is 1. The summed E-state index contributed by atoms with van der Waals surface area (Å²) in [6.45, 7) is 1.68. The van der Waals surface area contributed by atoms with Gasteiger partial charge in [0.25, 0.3) is 0 Å². The highest BCUT2D eigenvalue weighted by molar-refractivity contribution is 7.91. The summed E-state index contributed by atoms with van der Waals surface area (Å²) in [6.07, 6.45) is 0.589. The van der Waals surface area contributed by atoms with Crippen LogP contribution >= 0.6 is 0 Å². The van der Waals surface area contributed by atoms with Crippen LogP contribution in [-0.4, -0.2) is 20.0 Å². The number of Topliss-reactive ketones (excluding diaryl/α,β-unsaturated/α-hetero) is 1. The zero-order valence-corrected chi connectivity index (χ0v) is 10.8. The van der Waals surface area contributed by atoms with Gasteiger partial charge >= 0.3 is 0 Å². The number of hydrogen-bond acceptors (Lipinski definition) is 3. The maximum atomic E-state index is 13.3. The van der Waals surface area contributed by atoms with E-state index in [-0.39, 0.29) is 24.4 Å². The second-order valence-electron chi connectivity index (χ2n) is 3.89. The molecule has 1 aromatic carbocycles. The molecule has 1 aromatic rings. The van der Waals surface area contributed by atoms with E-state index in [1.54, 1.807) is 6.92 Å². The van der Waals surface area contributed by atoms with Crippen LogP contribution < -0.4 is 0 Å². The highest BCUT2D eigenvalue weighted by Gasteiger charge is 2.20. The van der Waals surface area contributed by atoms with E-state index in [1.807, 2.05) is 0 Å². The maximum Gasteiger partial charge on any atom is 0.181 e. The fourth-order valence-corrected chi connectivity index (χ4v) is 2.86. The van der Waals surface area contributed by atoms with Crippen LogP contribution in [0.4, 0.5) is 8.78 Å². The van der Waals surface area contributed by atoms with E-state index in [9.17, 15) is 22.0 Å². The number of carbonyl (C=O) groups excluding carboxylic acids is 1. The van der Waals surface area contributed by atoms with Gasteiger partial charge in [-0.15, -0.1) is 0 Å². The molecule has 0 fully saturated rings. The van der Waals surface area contributed by atoms with Crippen molar-refractivity contribution in [3.8, 4) is 0 Å². The number of benzene rings is 1. The van der Waals surface area contributed by atoms with Crippen LogP contribution in [0, 0.1) is 11.6 Å². The maximum absolute atomic E-state index is 13.3. The summed E-state index contributed by atoms with van der Waals surface area (Å²) in [6, 6.07) is 2.29. The van der Waals surface area contributed by atoms with E-state index in [0.717, 1.165) is 12.1 Å². The molecule has 0 N–H and O–H groups in total. The summed E-state index contributed by atoms with van der Waals surface area (Å²) in [4.78, 5) is 10.4. The zero-order chi connectivity index (χ0) is 13.8. The Hall–Kier alpha value is -1.30. The van der Waals surface area contributed by atoms with Crippen LogP contribution in [-0.2, 0) is 14.6 Å². The molecule has 0 saturated heterocycles. The minimum atomic E-state index is -3.88. The van der Waals surface area contributed by atoms with Crippen molar-refractivity contribution in [1.82, 2.24) is 0 Å². The van der Waals surface area contributed by atoms with E-state index in [4.69, 9.17) is 0 Å². The van der Waals surface area contributed by atoms with Gasteiger partial charge in [0, 0.05) is 12.8 Å². The first-order valence-electron chi connectivity index (χ1n) is 5.56. The Morgan fingerprint density at radius 2 is 1.94 bits per heavy atom. The lowest BCUT2D eigenvalue weighted by molar-refractivity contribution is -0.118. The molecular weight excluding hydrogens is 262 g/mol. The topological polar surface area (TPSA) is 51.2 Å². The fraction of sp³-hybridized carbons (Fsp3) is 0.417. The van der Waals surface area contributed by atoms with Crippen LogP contribution in [0.25, 0.3) is 0 Å². The first kappa shape index (κ1) is 14.8. The Labute approximate surface area is 105 Å². The van der Waals surface area contributed by atoms with E-state index in [1.165, 1.54) is 0 Å². The third kappa shape index (κ3) is 3.87. The monoisotopic (exact) mass is 276 g/mol. The molecule has 0 aliphatic carbocycles. The molecule has 3 nitrogen and oxygen atoms in total. The van der Waals surface area contributed by atoms with Gasteiger partial charge in [0.05, 0.1) is 5.75 Å². The van der Waals surface area contributed by atoms with Gasteiger partial charge < -0.3 is 0 Å². The zero-order valence-electron chi connectivity index (χ0n) is 9.95. The molecule has 0 heterocycles. The molecule has 0 aliphatic heterocycles. The third-order valence-corrected chi connectivity index (χ3v) is 4.30. The summed E-state index contributed by atoms with van der Waals surface area (Å²) in [5.41, 5.74) is 0. The van der Waals surface area contributed by atoms with E-state index in [2.05, 4.69) is 0 Å². The summed E-state index contributed by atoms with van der Waals surface area (Å²) in [5, 5.41) is 0. The Morgan fingerprint density at radius 3 is 2.56 bits per heavy atom. The van der Waals surface area contributed by atoms with E-state index >= 15 is 0 Å². The van der Waals surface area contributed by atoms with Crippen molar-refractivity contribution in [2.45, 2.75) is 31.1 Å². The molecule has 6 heteroatoms. The quantitative estimate of drug-likeness (QED) is 0.802. The van der Waals surface area contributed by atoms with Crippen LogP contribution in [0.1, 0.15) is 26.2 Å². The third-order valence-electron chi connectivity index (χ3n) is 2.49. The molecule has 0 atom stereocenters. The SMILES string of the molecule is CCC(=O)CCCS(=O)(=O)c1cc(F)ccc1F. The molecule has 100 valence electrons. The largest absolute Gasteiger partial charge is 0.300 e. The van der Waals surface area contributed by atoms with Crippen LogP contribution in [0.3, 0.4) is 0 Å². The number of halogens is 2. The Bertz CT molecular complexity index is 538. The predicted octanol–water partition coefficient (Wildman–Crippen LogP) is 2.50. The van der Waals surface area contributed by atoms with Gasteiger partial charge in [0.1, 0.15) is 22.3 Å². The van der Waals surface area contributed by atoms with Crippen molar-refractivity contribution < 1.29 is 22.0 Å². The molecule has 0 unspecified atom stereocenters. The lowest BCUT2D eigenvalue weighted by atomic mass is 10.2. The van der Waals surface area contributed by atoms with Crippen molar-refractivity contribution in [2.75, 3.05) is 5.75 Å². The lowest BCUT2D eigenvalue weighted by Gasteiger charge is -2.05. The van der Waals surface area contributed by atoms with Gasteiger partial charge in [-0.1, -0.05) is 6.92 Å².